The second-order valence-electron chi connectivity index (χ2n) is 6.71. The quantitative estimate of drug-likeness (QED) is 0.891. The molecule has 3 heterocycles. The van der Waals surface area contributed by atoms with Crippen molar-refractivity contribution in [1.82, 2.24) is 25.1 Å². The molecular weight excluding hydrogens is 316 g/mol. The molecule has 2 aromatic heterocycles. The van der Waals surface area contributed by atoms with Crippen LogP contribution in [0.15, 0.2) is 35.8 Å². The zero-order chi connectivity index (χ0) is 17.1. The molecule has 0 atom stereocenters. The molecule has 1 aliphatic carbocycles. The lowest BCUT2D eigenvalue weighted by Crippen LogP contribution is -2.31. The first-order chi connectivity index (χ1) is 12.3. The lowest BCUT2D eigenvalue weighted by Gasteiger charge is -2.31. The average molecular weight is 338 g/mol. The van der Waals surface area contributed by atoms with Gasteiger partial charge in [-0.25, -0.2) is 4.98 Å². The molecule has 0 amide bonds. The Hall–Kier alpha value is -2.54. The van der Waals surface area contributed by atoms with Gasteiger partial charge in [0.1, 0.15) is 12.0 Å². The van der Waals surface area contributed by atoms with Gasteiger partial charge in [0, 0.05) is 30.7 Å². The van der Waals surface area contributed by atoms with E-state index in [9.17, 15) is 5.11 Å². The second-order valence-corrected chi connectivity index (χ2v) is 6.71. The highest BCUT2D eigenvalue weighted by Gasteiger charge is 2.21. The molecule has 0 spiro atoms. The number of hydrogen-bond donors (Lipinski definition) is 2. The van der Waals surface area contributed by atoms with Crippen LogP contribution >= 0.6 is 0 Å². The maximum Gasteiger partial charge on any atom is 0.199 e. The Morgan fingerprint density at radius 3 is 2.76 bits per heavy atom. The molecule has 1 saturated carbocycles. The van der Waals surface area contributed by atoms with Gasteiger partial charge in [0.05, 0.1) is 18.3 Å². The molecule has 2 aliphatic rings. The molecule has 0 unspecified atom stereocenters. The topological polar surface area (TPSA) is 90.3 Å². The Kier molecular flexibility index (Phi) is 4.56. The van der Waals surface area contributed by atoms with Crippen LogP contribution in [0.2, 0.25) is 0 Å². The van der Waals surface area contributed by atoms with Crippen molar-refractivity contribution < 1.29 is 5.11 Å². The molecule has 25 heavy (non-hydrogen) atoms. The molecule has 7 heteroatoms. The van der Waals surface area contributed by atoms with Crippen LogP contribution in [0.25, 0.3) is 17.2 Å². The van der Waals surface area contributed by atoms with Gasteiger partial charge >= 0.3 is 0 Å². The van der Waals surface area contributed by atoms with Crippen molar-refractivity contribution in [3.63, 3.8) is 0 Å². The third-order valence-corrected chi connectivity index (χ3v) is 4.86. The van der Waals surface area contributed by atoms with E-state index in [0.717, 1.165) is 55.7 Å². The smallest absolute Gasteiger partial charge is 0.199 e. The number of aromatic nitrogens is 4. The minimum atomic E-state index is -0.0983. The van der Waals surface area contributed by atoms with Crippen LogP contribution in [0, 0.1) is 5.92 Å². The first-order valence-electron chi connectivity index (χ1n) is 8.77. The number of H-pyrrole nitrogens is 1. The standard InChI is InChI=1S/C18H22N6O/c25-15-4-1-13(2-5-15)10-24-8-7-19-17(11-24)14-3-6-16(20-9-14)18-21-12-22-23-18/h3,6-7,9,11-13,15,25H,1-2,4-5,8,10H2,(H,21,22,23)/t13-,15-. The van der Waals surface area contributed by atoms with Gasteiger partial charge in [-0.15, -0.1) is 0 Å². The summed E-state index contributed by atoms with van der Waals surface area (Å²) in [6, 6.07) is 3.92. The lowest BCUT2D eigenvalue weighted by molar-refractivity contribution is 0.101. The van der Waals surface area contributed by atoms with E-state index in [1.807, 2.05) is 24.5 Å². The molecule has 0 bridgehead atoms. The molecule has 1 fully saturated rings. The number of aliphatic hydroxyl groups is 1. The van der Waals surface area contributed by atoms with Gasteiger partial charge in [0.25, 0.3) is 0 Å². The fourth-order valence-electron chi connectivity index (χ4n) is 3.45. The zero-order valence-electron chi connectivity index (χ0n) is 14.0. The fraction of sp³-hybridized carbons (Fsp3) is 0.444. The van der Waals surface area contributed by atoms with Crippen molar-refractivity contribution in [3.8, 4) is 11.5 Å². The summed E-state index contributed by atoms with van der Waals surface area (Å²) in [6.07, 6.45) is 11.4. The highest BCUT2D eigenvalue weighted by Crippen LogP contribution is 2.27. The fourth-order valence-corrected chi connectivity index (χ4v) is 3.45. The summed E-state index contributed by atoms with van der Waals surface area (Å²) in [4.78, 5) is 15.4. The van der Waals surface area contributed by atoms with Crippen molar-refractivity contribution in [2.75, 3.05) is 13.1 Å². The van der Waals surface area contributed by atoms with Gasteiger partial charge in [-0.1, -0.05) is 0 Å². The minimum Gasteiger partial charge on any atom is -0.393 e. The highest BCUT2D eigenvalue weighted by atomic mass is 16.3. The van der Waals surface area contributed by atoms with Gasteiger partial charge in [-0.3, -0.25) is 15.1 Å². The SMILES string of the molecule is O[C@H]1CC[C@H](CN2C=C(c3ccc(-c4nc[nH]n4)nc3)N=CC2)CC1. The van der Waals surface area contributed by atoms with Crippen molar-refractivity contribution in [2.45, 2.75) is 31.8 Å². The summed E-state index contributed by atoms with van der Waals surface area (Å²) >= 11 is 0. The summed E-state index contributed by atoms with van der Waals surface area (Å²) in [5.74, 6) is 1.24. The van der Waals surface area contributed by atoms with Crippen molar-refractivity contribution >= 4 is 11.9 Å². The predicted octanol–water partition coefficient (Wildman–Crippen LogP) is 2.10. The largest absolute Gasteiger partial charge is 0.393 e. The maximum absolute atomic E-state index is 9.65. The monoisotopic (exact) mass is 338 g/mol. The molecule has 4 rings (SSSR count). The molecule has 0 aromatic carbocycles. The Balaban J connectivity index is 1.44. The molecule has 0 radical (unpaired) electrons. The predicted molar refractivity (Wildman–Crippen MR) is 95.6 cm³/mol. The molecule has 7 nitrogen and oxygen atoms in total. The average Bonchev–Trinajstić information content (AvgIpc) is 3.19. The van der Waals surface area contributed by atoms with Crippen LogP contribution in [0.1, 0.15) is 31.2 Å². The molecule has 1 aliphatic heterocycles. The lowest BCUT2D eigenvalue weighted by atomic mass is 9.87. The van der Waals surface area contributed by atoms with Crippen molar-refractivity contribution in [1.29, 1.82) is 0 Å². The first kappa shape index (κ1) is 16.0. The number of aromatic amines is 1. The Bertz CT molecular complexity index is 744. The molecule has 130 valence electrons. The van der Waals surface area contributed by atoms with E-state index in [0.29, 0.717) is 11.7 Å². The Morgan fingerprint density at radius 1 is 1.16 bits per heavy atom. The third-order valence-electron chi connectivity index (χ3n) is 4.86. The maximum atomic E-state index is 9.65. The second kappa shape index (κ2) is 7.14. The van der Waals surface area contributed by atoms with Gasteiger partial charge in [0.2, 0.25) is 0 Å². The minimum absolute atomic E-state index is 0.0983. The van der Waals surface area contributed by atoms with E-state index in [4.69, 9.17) is 0 Å². The van der Waals surface area contributed by atoms with Gasteiger partial charge in [-0.2, -0.15) is 5.10 Å². The third kappa shape index (κ3) is 3.76. The van der Waals surface area contributed by atoms with Crippen LogP contribution in [0.3, 0.4) is 0 Å². The van der Waals surface area contributed by atoms with E-state index in [-0.39, 0.29) is 6.10 Å². The van der Waals surface area contributed by atoms with Crippen LogP contribution in [-0.2, 0) is 0 Å². The first-order valence-corrected chi connectivity index (χ1v) is 8.77. The summed E-state index contributed by atoms with van der Waals surface area (Å²) in [7, 11) is 0. The van der Waals surface area contributed by atoms with Gasteiger partial charge < -0.3 is 10.0 Å². The molecular formula is C18H22N6O. The number of aliphatic imine (C=N–C) groups is 1. The van der Waals surface area contributed by atoms with Gasteiger partial charge in [-0.05, 0) is 43.7 Å². The van der Waals surface area contributed by atoms with E-state index in [1.54, 1.807) is 6.33 Å². The Morgan fingerprint density at radius 2 is 2.04 bits per heavy atom. The van der Waals surface area contributed by atoms with E-state index in [2.05, 4.69) is 36.3 Å². The van der Waals surface area contributed by atoms with E-state index in [1.165, 1.54) is 0 Å². The summed E-state index contributed by atoms with van der Waals surface area (Å²) < 4.78 is 0. The van der Waals surface area contributed by atoms with E-state index >= 15 is 0 Å². The normalized spacial score (nSPS) is 23.6. The molecule has 2 aromatic rings. The Labute approximate surface area is 146 Å². The number of hydrogen-bond acceptors (Lipinski definition) is 6. The van der Waals surface area contributed by atoms with Crippen molar-refractivity contribution in [3.05, 3.63) is 36.4 Å². The summed E-state index contributed by atoms with van der Waals surface area (Å²) in [6.45, 7) is 1.86. The number of nitrogens with zero attached hydrogens (tertiary/aromatic N) is 5. The van der Waals surface area contributed by atoms with Crippen LogP contribution in [-0.4, -0.2) is 55.6 Å². The van der Waals surface area contributed by atoms with Crippen molar-refractivity contribution in [2.24, 2.45) is 10.9 Å². The van der Waals surface area contributed by atoms with Crippen LogP contribution in [0.5, 0.6) is 0 Å². The number of aliphatic hydroxyl groups excluding tert-OH is 1. The van der Waals surface area contributed by atoms with Crippen LogP contribution in [0.4, 0.5) is 0 Å². The number of pyridine rings is 1. The number of nitrogens with one attached hydrogen (secondary N) is 1. The van der Waals surface area contributed by atoms with Gasteiger partial charge in [0.15, 0.2) is 5.82 Å². The highest BCUT2D eigenvalue weighted by molar-refractivity contribution is 5.77. The zero-order valence-corrected chi connectivity index (χ0v) is 14.0. The molecule has 2 N–H and O–H groups in total. The summed E-state index contributed by atoms with van der Waals surface area (Å²) in [5.41, 5.74) is 2.65. The van der Waals surface area contributed by atoms with Crippen LogP contribution < -0.4 is 0 Å². The molecule has 0 saturated heterocycles. The summed E-state index contributed by atoms with van der Waals surface area (Å²) in [5, 5.41) is 16.4. The van der Waals surface area contributed by atoms with E-state index < -0.39 is 0 Å². The number of rotatable bonds is 4.